The lowest BCUT2D eigenvalue weighted by Gasteiger charge is -2.24. The molecule has 1 atom stereocenters. The molecule has 3 rings (SSSR count). The minimum Gasteiger partial charge on any atom is -0.481 e. The molecule has 2 aromatic carbocycles. The van der Waals surface area contributed by atoms with E-state index in [1.165, 1.54) is 0 Å². The van der Waals surface area contributed by atoms with Crippen LogP contribution in [0, 0.1) is 11.8 Å². The van der Waals surface area contributed by atoms with E-state index < -0.39 is 23.6 Å². The Kier molecular flexibility index (Phi) is 8.23. The zero-order valence-corrected chi connectivity index (χ0v) is 21.9. The van der Waals surface area contributed by atoms with Gasteiger partial charge in [-0.1, -0.05) is 63.2 Å². The van der Waals surface area contributed by atoms with Gasteiger partial charge in [-0.2, -0.15) is 0 Å². The molecule has 2 N–H and O–H groups in total. The smallest absolute Gasteiger partial charge is 0.407 e. The summed E-state index contributed by atoms with van der Waals surface area (Å²) in [7, 11) is 0. The van der Waals surface area contributed by atoms with Crippen LogP contribution < -0.4 is 10.9 Å². The summed E-state index contributed by atoms with van der Waals surface area (Å²) >= 11 is 0. The molecule has 0 spiro atoms. The number of aromatic nitrogens is 1. The van der Waals surface area contributed by atoms with Gasteiger partial charge in [0.2, 0.25) is 0 Å². The maximum atomic E-state index is 13.7. The van der Waals surface area contributed by atoms with Gasteiger partial charge >= 0.3 is 12.1 Å². The molecule has 0 fully saturated rings. The second kappa shape index (κ2) is 11.0. The second-order valence-corrected chi connectivity index (χ2v) is 10.7. The molecule has 192 valence electrons. The van der Waals surface area contributed by atoms with Gasteiger partial charge in [0.15, 0.2) is 0 Å². The van der Waals surface area contributed by atoms with E-state index in [4.69, 9.17) is 4.74 Å². The molecule has 1 amide bonds. The highest BCUT2D eigenvalue weighted by Gasteiger charge is 2.22. The first-order chi connectivity index (χ1) is 16.9. The summed E-state index contributed by atoms with van der Waals surface area (Å²) in [4.78, 5) is 37.7. The van der Waals surface area contributed by atoms with Gasteiger partial charge in [0.05, 0.1) is 12.5 Å². The number of benzene rings is 2. The highest BCUT2D eigenvalue weighted by atomic mass is 16.6. The van der Waals surface area contributed by atoms with Crippen LogP contribution in [0.2, 0.25) is 0 Å². The summed E-state index contributed by atoms with van der Waals surface area (Å²) in [5.41, 5.74) is 2.47. The van der Waals surface area contributed by atoms with Gasteiger partial charge < -0.3 is 19.7 Å². The molecule has 7 nitrogen and oxygen atoms in total. The van der Waals surface area contributed by atoms with Crippen molar-refractivity contribution < 1.29 is 19.4 Å². The molecule has 0 bridgehead atoms. The topological polar surface area (TPSA) is 97.6 Å². The summed E-state index contributed by atoms with van der Waals surface area (Å²) in [5, 5.41) is 13.5. The number of aliphatic carboxylic acids is 1. The normalized spacial score (nSPS) is 12.5. The van der Waals surface area contributed by atoms with Crippen molar-refractivity contribution in [3.8, 4) is 11.1 Å². The zero-order chi connectivity index (χ0) is 26.6. The molecular weight excluding hydrogens is 456 g/mol. The van der Waals surface area contributed by atoms with Crippen molar-refractivity contribution in [1.29, 1.82) is 0 Å². The Labute approximate surface area is 212 Å². The van der Waals surface area contributed by atoms with E-state index in [1.54, 1.807) is 38.3 Å². The molecule has 0 saturated carbocycles. The van der Waals surface area contributed by atoms with Gasteiger partial charge in [0.25, 0.3) is 5.56 Å². The highest BCUT2D eigenvalue weighted by molar-refractivity contribution is 5.98. The van der Waals surface area contributed by atoms with E-state index in [0.717, 1.165) is 22.1 Å². The van der Waals surface area contributed by atoms with Crippen molar-refractivity contribution in [3.63, 3.8) is 0 Å². The van der Waals surface area contributed by atoms with Crippen LogP contribution in [0.5, 0.6) is 0 Å². The summed E-state index contributed by atoms with van der Waals surface area (Å²) in [6, 6.07) is 15.3. The number of amides is 1. The second-order valence-electron chi connectivity index (χ2n) is 10.7. The number of hydrogen-bond donors (Lipinski definition) is 2. The number of nitrogens with one attached hydrogen (secondary N) is 1. The molecular formula is C29H36N2O5. The number of carbonyl (C=O) groups is 2. The molecule has 7 heteroatoms. The lowest BCUT2D eigenvalue weighted by atomic mass is 9.92. The van der Waals surface area contributed by atoms with Gasteiger partial charge in [0, 0.05) is 23.2 Å². The third-order valence-electron chi connectivity index (χ3n) is 5.82. The number of carboxylic acids is 1. The molecule has 0 aliphatic heterocycles. The Morgan fingerprint density at radius 2 is 1.69 bits per heavy atom. The van der Waals surface area contributed by atoms with Crippen LogP contribution >= 0.6 is 0 Å². The van der Waals surface area contributed by atoms with Gasteiger partial charge in [-0.25, -0.2) is 4.79 Å². The van der Waals surface area contributed by atoms with Crippen LogP contribution in [0.25, 0.3) is 21.9 Å². The van der Waals surface area contributed by atoms with E-state index in [1.807, 2.05) is 56.3 Å². The fourth-order valence-corrected chi connectivity index (χ4v) is 4.25. The molecule has 1 aromatic heterocycles. The fraction of sp³-hybridized carbons (Fsp3) is 0.414. The zero-order valence-electron chi connectivity index (χ0n) is 21.9. The SMILES string of the molecule is CC(C)Cn1c(CNC(=O)OC(C)(C)C)c(-c2ccccc2)c2cc(CC(C)C(=O)O)ccc2c1=O. The van der Waals surface area contributed by atoms with Gasteiger partial charge in [-0.05, 0) is 55.7 Å². The molecule has 0 radical (unpaired) electrons. The molecule has 1 heterocycles. The standard InChI is InChI=1S/C29H36N2O5/c1-18(2)17-31-24(16-30-28(35)36-29(4,5)6)25(21-10-8-7-9-11-21)23-15-20(14-19(3)27(33)34)12-13-22(23)26(31)32/h7-13,15,18-19H,14,16-17H2,1-6H3,(H,30,35)(H,33,34). The maximum absolute atomic E-state index is 13.7. The Bertz CT molecular complexity index is 1300. The number of ether oxygens (including phenoxy) is 1. The third kappa shape index (κ3) is 6.53. The number of carboxylic acid groups (broad SMARTS) is 1. The summed E-state index contributed by atoms with van der Waals surface area (Å²) in [5.74, 6) is -1.23. The quantitative estimate of drug-likeness (QED) is 0.426. The molecule has 0 saturated heterocycles. The van der Waals surface area contributed by atoms with E-state index in [2.05, 4.69) is 5.32 Å². The van der Waals surface area contributed by atoms with E-state index >= 15 is 0 Å². The average molecular weight is 493 g/mol. The predicted molar refractivity (Wildman–Crippen MR) is 142 cm³/mol. The first kappa shape index (κ1) is 27.0. The monoisotopic (exact) mass is 492 g/mol. The molecule has 3 aromatic rings. The predicted octanol–water partition coefficient (Wildman–Crippen LogP) is 5.61. The number of carbonyl (C=O) groups excluding carboxylic acids is 1. The fourth-order valence-electron chi connectivity index (χ4n) is 4.25. The molecule has 1 unspecified atom stereocenters. The minimum absolute atomic E-state index is 0.104. The summed E-state index contributed by atoms with van der Waals surface area (Å²) in [6.07, 6.45) is -0.214. The molecule has 36 heavy (non-hydrogen) atoms. The lowest BCUT2D eigenvalue weighted by Crippen LogP contribution is -2.35. The third-order valence-corrected chi connectivity index (χ3v) is 5.82. The van der Waals surface area contributed by atoms with Gasteiger partial charge in [-0.15, -0.1) is 0 Å². The van der Waals surface area contributed by atoms with Crippen LogP contribution in [0.4, 0.5) is 4.79 Å². The van der Waals surface area contributed by atoms with Crippen molar-refractivity contribution in [1.82, 2.24) is 9.88 Å². The Balaban J connectivity index is 2.27. The lowest BCUT2D eigenvalue weighted by molar-refractivity contribution is -0.141. The van der Waals surface area contributed by atoms with Crippen molar-refractivity contribution in [2.45, 2.75) is 66.7 Å². The highest BCUT2D eigenvalue weighted by Crippen LogP contribution is 2.32. The van der Waals surface area contributed by atoms with E-state index in [0.29, 0.717) is 24.0 Å². The summed E-state index contributed by atoms with van der Waals surface area (Å²) < 4.78 is 7.18. The van der Waals surface area contributed by atoms with Crippen LogP contribution in [0.3, 0.4) is 0 Å². The summed E-state index contributed by atoms with van der Waals surface area (Å²) in [6.45, 7) is 11.7. The van der Waals surface area contributed by atoms with Crippen LogP contribution in [-0.2, 0) is 29.0 Å². The average Bonchev–Trinajstić information content (AvgIpc) is 2.78. The number of rotatable bonds is 8. The van der Waals surface area contributed by atoms with E-state index in [9.17, 15) is 19.5 Å². The Hall–Kier alpha value is -3.61. The van der Waals surface area contributed by atoms with Crippen molar-refractivity contribution >= 4 is 22.8 Å². The molecule has 0 aliphatic rings. The van der Waals surface area contributed by atoms with Crippen LogP contribution in [0.1, 0.15) is 52.8 Å². The number of fused-ring (bicyclic) bond motifs is 1. The number of nitrogens with zero attached hydrogens (tertiary/aromatic N) is 1. The Morgan fingerprint density at radius 1 is 1.03 bits per heavy atom. The first-order valence-corrected chi connectivity index (χ1v) is 12.3. The number of alkyl carbamates (subject to hydrolysis) is 1. The van der Waals surface area contributed by atoms with E-state index in [-0.39, 0.29) is 18.0 Å². The number of pyridine rings is 1. The molecule has 0 aliphatic carbocycles. The van der Waals surface area contributed by atoms with Crippen molar-refractivity contribution in [2.75, 3.05) is 0 Å². The van der Waals surface area contributed by atoms with Crippen molar-refractivity contribution in [3.05, 3.63) is 70.1 Å². The van der Waals surface area contributed by atoms with Crippen LogP contribution in [0.15, 0.2) is 53.3 Å². The Morgan fingerprint density at radius 3 is 2.28 bits per heavy atom. The van der Waals surface area contributed by atoms with Gasteiger partial charge in [-0.3, -0.25) is 9.59 Å². The minimum atomic E-state index is -0.868. The van der Waals surface area contributed by atoms with Crippen molar-refractivity contribution in [2.24, 2.45) is 11.8 Å². The largest absolute Gasteiger partial charge is 0.481 e. The van der Waals surface area contributed by atoms with Gasteiger partial charge in [0.1, 0.15) is 5.60 Å². The number of hydrogen-bond acceptors (Lipinski definition) is 4. The first-order valence-electron chi connectivity index (χ1n) is 12.3. The maximum Gasteiger partial charge on any atom is 0.407 e. The van der Waals surface area contributed by atoms with Crippen LogP contribution in [-0.4, -0.2) is 27.3 Å².